The first-order valence-electron chi connectivity index (χ1n) is 7.93. The Morgan fingerprint density at radius 1 is 0.625 bits per heavy atom. The number of hydrogen-bond donors (Lipinski definition) is 0. The molecule has 1 aliphatic rings. The van der Waals surface area contributed by atoms with Crippen LogP contribution in [0.25, 0.3) is 11.1 Å². The van der Waals surface area contributed by atoms with Crippen molar-refractivity contribution in [3.8, 4) is 11.1 Å². The fourth-order valence-corrected chi connectivity index (χ4v) is 2.99. The van der Waals surface area contributed by atoms with Gasteiger partial charge in [-0.15, -0.1) is 11.3 Å². The molecule has 0 saturated carbocycles. The van der Waals surface area contributed by atoms with Gasteiger partial charge in [-0.1, -0.05) is 84.9 Å². The number of benzene rings is 3. The molecule has 0 spiro atoms. The summed E-state index contributed by atoms with van der Waals surface area (Å²) >= 11 is 1.60. The SMILES string of the molecule is c1ccc2c(c1)Cc1ccccc1-2.c1ccccc1.c1cscn1. The lowest BCUT2D eigenvalue weighted by Crippen LogP contribution is -1.77. The van der Waals surface area contributed by atoms with Crippen LogP contribution in [0.1, 0.15) is 11.1 Å². The van der Waals surface area contributed by atoms with Crippen LogP contribution < -0.4 is 0 Å². The largest absolute Gasteiger partial charge is 0.253 e. The quantitative estimate of drug-likeness (QED) is 0.335. The summed E-state index contributed by atoms with van der Waals surface area (Å²) in [5.74, 6) is 0. The molecular weight excluding hydrogens is 310 g/mol. The summed E-state index contributed by atoms with van der Waals surface area (Å²) in [7, 11) is 0. The summed E-state index contributed by atoms with van der Waals surface area (Å²) in [5, 5.41) is 1.93. The topological polar surface area (TPSA) is 12.9 Å². The fourth-order valence-electron chi connectivity index (χ4n) is 2.64. The Balaban J connectivity index is 0.000000127. The van der Waals surface area contributed by atoms with Crippen molar-refractivity contribution in [2.75, 3.05) is 0 Å². The molecule has 0 saturated heterocycles. The van der Waals surface area contributed by atoms with E-state index < -0.39 is 0 Å². The van der Waals surface area contributed by atoms with Gasteiger partial charge in [0.1, 0.15) is 0 Å². The number of fused-ring (bicyclic) bond motifs is 3. The van der Waals surface area contributed by atoms with Crippen molar-refractivity contribution in [3.05, 3.63) is 113 Å². The summed E-state index contributed by atoms with van der Waals surface area (Å²) in [5.41, 5.74) is 7.55. The van der Waals surface area contributed by atoms with E-state index in [0.717, 1.165) is 6.42 Å². The maximum atomic E-state index is 3.74. The molecule has 0 aliphatic heterocycles. The molecule has 3 aromatic carbocycles. The third kappa shape index (κ3) is 4.40. The van der Waals surface area contributed by atoms with Crippen LogP contribution in [-0.2, 0) is 6.42 Å². The third-order valence-electron chi connectivity index (χ3n) is 3.72. The Morgan fingerprint density at radius 2 is 1.12 bits per heavy atom. The minimum absolute atomic E-state index is 1.10. The minimum atomic E-state index is 1.10. The van der Waals surface area contributed by atoms with Gasteiger partial charge in [0.15, 0.2) is 0 Å². The standard InChI is InChI=1S/C13H10.C6H6.C3H3NS/c1-3-7-12-10(5-1)9-11-6-2-4-8-13(11)12;1-2-4-6-5-3-1;1-2-5-3-4-1/h1-8H,9H2;1-6H;1-3H. The molecule has 1 aromatic heterocycles. The van der Waals surface area contributed by atoms with Crippen LogP contribution in [0.3, 0.4) is 0 Å². The second kappa shape index (κ2) is 8.80. The van der Waals surface area contributed by atoms with Gasteiger partial charge in [0.05, 0.1) is 5.51 Å². The van der Waals surface area contributed by atoms with Gasteiger partial charge in [-0.2, -0.15) is 0 Å². The van der Waals surface area contributed by atoms with Crippen molar-refractivity contribution in [2.24, 2.45) is 0 Å². The van der Waals surface area contributed by atoms with Gasteiger partial charge in [0, 0.05) is 11.6 Å². The van der Waals surface area contributed by atoms with E-state index in [-0.39, 0.29) is 0 Å². The molecule has 1 aliphatic carbocycles. The van der Waals surface area contributed by atoms with Gasteiger partial charge in [0.2, 0.25) is 0 Å². The van der Waals surface area contributed by atoms with Gasteiger partial charge >= 0.3 is 0 Å². The second-order valence-corrected chi connectivity index (χ2v) is 6.08. The van der Waals surface area contributed by atoms with Crippen LogP contribution in [0.15, 0.2) is 102 Å². The molecular formula is C22H19NS. The zero-order valence-corrected chi connectivity index (χ0v) is 14.2. The molecule has 1 heterocycles. The van der Waals surface area contributed by atoms with Crippen molar-refractivity contribution in [3.63, 3.8) is 0 Å². The van der Waals surface area contributed by atoms with Crippen LogP contribution in [0.5, 0.6) is 0 Å². The molecule has 5 rings (SSSR count). The number of hydrogen-bond acceptors (Lipinski definition) is 2. The molecule has 0 unspecified atom stereocenters. The predicted molar refractivity (Wildman–Crippen MR) is 103 cm³/mol. The van der Waals surface area contributed by atoms with Crippen LogP contribution >= 0.6 is 11.3 Å². The number of nitrogens with zero attached hydrogens (tertiary/aromatic N) is 1. The molecule has 4 aromatic rings. The van der Waals surface area contributed by atoms with E-state index in [2.05, 4.69) is 53.5 Å². The fraction of sp³-hybridized carbons (Fsp3) is 0.0455. The molecule has 0 radical (unpaired) electrons. The van der Waals surface area contributed by atoms with E-state index in [1.807, 2.05) is 41.8 Å². The first-order valence-corrected chi connectivity index (χ1v) is 8.88. The highest BCUT2D eigenvalue weighted by Gasteiger charge is 2.15. The lowest BCUT2D eigenvalue weighted by Gasteiger charge is -1.98. The van der Waals surface area contributed by atoms with Crippen molar-refractivity contribution >= 4 is 11.3 Å². The van der Waals surface area contributed by atoms with E-state index in [4.69, 9.17) is 0 Å². The first kappa shape index (κ1) is 16.2. The molecule has 118 valence electrons. The molecule has 0 N–H and O–H groups in total. The van der Waals surface area contributed by atoms with Crippen molar-refractivity contribution in [2.45, 2.75) is 6.42 Å². The van der Waals surface area contributed by atoms with Crippen molar-refractivity contribution in [1.82, 2.24) is 4.98 Å². The third-order valence-corrected chi connectivity index (χ3v) is 4.24. The maximum absolute atomic E-state index is 3.74. The Morgan fingerprint density at radius 3 is 1.50 bits per heavy atom. The lowest BCUT2D eigenvalue weighted by molar-refractivity contribution is 1.26. The average molecular weight is 329 g/mol. The van der Waals surface area contributed by atoms with Crippen molar-refractivity contribution in [1.29, 1.82) is 0 Å². The van der Waals surface area contributed by atoms with Crippen LogP contribution in [0, 0.1) is 0 Å². The highest BCUT2D eigenvalue weighted by Crippen LogP contribution is 2.35. The van der Waals surface area contributed by atoms with E-state index in [1.54, 1.807) is 23.0 Å². The summed E-state index contributed by atoms with van der Waals surface area (Å²) in [6.45, 7) is 0. The number of rotatable bonds is 0. The van der Waals surface area contributed by atoms with Gasteiger partial charge in [-0.3, -0.25) is 4.98 Å². The average Bonchev–Trinajstić information content (AvgIpc) is 3.35. The van der Waals surface area contributed by atoms with Crippen LogP contribution in [0.4, 0.5) is 0 Å². The molecule has 0 bridgehead atoms. The number of aromatic nitrogens is 1. The highest BCUT2D eigenvalue weighted by atomic mass is 32.1. The Labute approximate surface area is 147 Å². The van der Waals surface area contributed by atoms with Crippen molar-refractivity contribution < 1.29 is 0 Å². The van der Waals surface area contributed by atoms with Gasteiger partial charge in [0.25, 0.3) is 0 Å². The molecule has 1 nitrogen and oxygen atoms in total. The van der Waals surface area contributed by atoms with E-state index in [1.165, 1.54) is 22.3 Å². The number of thiazole rings is 1. The molecule has 2 heteroatoms. The summed E-state index contributed by atoms with van der Waals surface area (Å²) < 4.78 is 0. The molecule has 0 fully saturated rings. The second-order valence-electron chi connectivity index (χ2n) is 5.32. The van der Waals surface area contributed by atoms with Gasteiger partial charge in [-0.25, -0.2) is 0 Å². The summed E-state index contributed by atoms with van der Waals surface area (Å²) in [4.78, 5) is 3.74. The summed E-state index contributed by atoms with van der Waals surface area (Å²) in [6.07, 6.45) is 2.87. The monoisotopic (exact) mass is 329 g/mol. The van der Waals surface area contributed by atoms with E-state index >= 15 is 0 Å². The van der Waals surface area contributed by atoms with E-state index in [0.29, 0.717) is 0 Å². The van der Waals surface area contributed by atoms with E-state index in [9.17, 15) is 0 Å². The molecule has 24 heavy (non-hydrogen) atoms. The maximum Gasteiger partial charge on any atom is 0.0791 e. The normalized spacial score (nSPS) is 10.3. The zero-order chi connectivity index (χ0) is 16.5. The zero-order valence-electron chi connectivity index (χ0n) is 13.4. The van der Waals surface area contributed by atoms with Crippen LogP contribution in [0.2, 0.25) is 0 Å². The van der Waals surface area contributed by atoms with Gasteiger partial charge < -0.3 is 0 Å². The highest BCUT2D eigenvalue weighted by molar-refractivity contribution is 7.07. The smallest absolute Gasteiger partial charge is 0.0791 e. The Kier molecular flexibility index (Phi) is 5.93. The summed E-state index contributed by atoms with van der Waals surface area (Å²) in [6, 6.07) is 29.3. The first-order chi connectivity index (χ1) is 11.9. The minimum Gasteiger partial charge on any atom is -0.253 e. The van der Waals surface area contributed by atoms with Crippen LogP contribution in [-0.4, -0.2) is 4.98 Å². The Bertz CT molecular complexity index is 751. The van der Waals surface area contributed by atoms with Gasteiger partial charge in [-0.05, 0) is 28.7 Å². The Hall–Kier alpha value is -2.71. The lowest BCUT2D eigenvalue weighted by atomic mass is 10.1. The molecule has 0 atom stereocenters. The molecule has 0 amide bonds. The predicted octanol–water partition coefficient (Wildman–Crippen LogP) is 6.09.